The first-order valence-electron chi connectivity index (χ1n) is 9.37. The number of benzene rings is 2. The second-order valence-corrected chi connectivity index (χ2v) is 7.19. The summed E-state index contributed by atoms with van der Waals surface area (Å²) in [7, 11) is 0. The van der Waals surface area contributed by atoms with Crippen molar-refractivity contribution in [2.24, 2.45) is 0 Å². The Kier molecular flexibility index (Phi) is 4.43. The number of piperidine rings is 1. The summed E-state index contributed by atoms with van der Waals surface area (Å²) in [6.45, 7) is 5.80. The average Bonchev–Trinajstić information content (AvgIpc) is 2.97. The molecule has 0 radical (unpaired) electrons. The highest BCUT2D eigenvalue weighted by molar-refractivity contribution is 5.43. The lowest BCUT2D eigenvalue weighted by Gasteiger charge is -2.39. The minimum Gasteiger partial charge on any atom is -0.358 e. The zero-order valence-electron chi connectivity index (χ0n) is 14.6. The molecule has 0 N–H and O–H groups in total. The maximum Gasteiger partial charge on any atom is 0.109 e. The first-order valence-corrected chi connectivity index (χ1v) is 9.37. The zero-order valence-corrected chi connectivity index (χ0v) is 14.6. The highest BCUT2D eigenvalue weighted by atomic mass is 16.5. The highest BCUT2D eigenvalue weighted by Gasteiger charge is 2.46. The predicted octanol–water partition coefficient (Wildman–Crippen LogP) is 4.90. The van der Waals surface area contributed by atoms with Crippen LogP contribution in [-0.4, -0.2) is 24.5 Å². The summed E-state index contributed by atoms with van der Waals surface area (Å²) in [6, 6.07) is 19.5. The van der Waals surface area contributed by atoms with Crippen molar-refractivity contribution in [3.63, 3.8) is 0 Å². The van der Waals surface area contributed by atoms with E-state index < -0.39 is 0 Å². The molecule has 1 fully saturated rings. The van der Waals surface area contributed by atoms with Gasteiger partial charge in [-0.3, -0.25) is 0 Å². The molecule has 2 heterocycles. The van der Waals surface area contributed by atoms with Crippen molar-refractivity contribution < 1.29 is 4.74 Å². The quantitative estimate of drug-likeness (QED) is 0.794. The SMILES string of the molecule is CCCCN1CCC2(CC1)OC(c1ccccc1)c1ccccc12. The van der Waals surface area contributed by atoms with E-state index in [2.05, 4.69) is 66.4 Å². The molecule has 1 spiro atoms. The van der Waals surface area contributed by atoms with Crippen LogP contribution in [0.2, 0.25) is 0 Å². The average molecular weight is 321 g/mol. The van der Waals surface area contributed by atoms with Crippen molar-refractivity contribution in [3.05, 3.63) is 71.3 Å². The van der Waals surface area contributed by atoms with Crippen molar-refractivity contribution in [3.8, 4) is 0 Å². The number of rotatable bonds is 4. The van der Waals surface area contributed by atoms with Crippen LogP contribution in [-0.2, 0) is 10.3 Å². The van der Waals surface area contributed by atoms with Gasteiger partial charge in [0.1, 0.15) is 6.10 Å². The normalized spacial score (nSPS) is 22.6. The van der Waals surface area contributed by atoms with E-state index in [0.717, 1.165) is 25.9 Å². The number of hydrogen-bond acceptors (Lipinski definition) is 2. The van der Waals surface area contributed by atoms with E-state index >= 15 is 0 Å². The van der Waals surface area contributed by atoms with Crippen LogP contribution >= 0.6 is 0 Å². The molecule has 24 heavy (non-hydrogen) atoms. The maximum atomic E-state index is 6.77. The van der Waals surface area contributed by atoms with E-state index in [1.165, 1.54) is 36.1 Å². The fourth-order valence-electron chi connectivity index (χ4n) is 4.28. The summed E-state index contributed by atoms with van der Waals surface area (Å²) in [5.74, 6) is 0. The summed E-state index contributed by atoms with van der Waals surface area (Å²) in [5.41, 5.74) is 3.98. The lowest BCUT2D eigenvalue weighted by molar-refractivity contribution is -0.0968. The van der Waals surface area contributed by atoms with Crippen molar-refractivity contribution in [1.82, 2.24) is 4.90 Å². The van der Waals surface area contributed by atoms with Gasteiger partial charge in [-0.05, 0) is 42.5 Å². The minimum atomic E-state index is -0.0835. The van der Waals surface area contributed by atoms with Crippen LogP contribution in [0.5, 0.6) is 0 Å². The Bertz CT molecular complexity index is 673. The van der Waals surface area contributed by atoms with Crippen LogP contribution in [0.15, 0.2) is 54.6 Å². The standard InChI is InChI=1S/C22H27NO/c1-2-3-15-23-16-13-22(14-17-23)20-12-8-7-11-19(20)21(24-22)18-9-5-4-6-10-18/h4-12,21H,2-3,13-17H2,1H3. The maximum absolute atomic E-state index is 6.77. The number of ether oxygens (including phenoxy) is 1. The highest BCUT2D eigenvalue weighted by Crippen LogP contribution is 2.51. The Labute approximate surface area is 145 Å². The zero-order chi connectivity index (χ0) is 16.4. The van der Waals surface area contributed by atoms with Crippen LogP contribution in [0.4, 0.5) is 0 Å². The molecule has 4 rings (SSSR count). The Morgan fingerprint density at radius 3 is 2.46 bits per heavy atom. The summed E-state index contributed by atoms with van der Waals surface area (Å²) in [4.78, 5) is 2.61. The minimum absolute atomic E-state index is 0.0835. The Morgan fingerprint density at radius 1 is 1.00 bits per heavy atom. The van der Waals surface area contributed by atoms with Gasteiger partial charge in [0.2, 0.25) is 0 Å². The van der Waals surface area contributed by atoms with Gasteiger partial charge in [0, 0.05) is 13.1 Å². The molecule has 2 aromatic rings. The number of fused-ring (bicyclic) bond motifs is 2. The van der Waals surface area contributed by atoms with Gasteiger partial charge in [-0.2, -0.15) is 0 Å². The van der Waals surface area contributed by atoms with Gasteiger partial charge in [0.15, 0.2) is 0 Å². The third-order valence-electron chi connectivity index (χ3n) is 5.67. The third-order valence-corrected chi connectivity index (χ3v) is 5.67. The lowest BCUT2D eigenvalue weighted by Crippen LogP contribution is -2.43. The molecule has 0 aliphatic carbocycles. The Hall–Kier alpha value is -1.64. The monoisotopic (exact) mass is 321 g/mol. The van der Waals surface area contributed by atoms with Gasteiger partial charge < -0.3 is 9.64 Å². The number of nitrogens with zero attached hydrogens (tertiary/aromatic N) is 1. The molecule has 126 valence electrons. The fourth-order valence-corrected chi connectivity index (χ4v) is 4.28. The lowest BCUT2D eigenvalue weighted by atomic mass is 9.83. The fraction of sp³-hybridized carbons (Fsp3) is 0.455. The molecule has 1 atom stereocenters. The molecule has 0 bridgehead atoms. The largest absolute Gasteiger partial charge is 0.358 e. The van der Waals surface area contributed by atoms with E-state index in [9.17, 15) is 0 Å². The molecule has 1 saturated heterocycles. The number of hydrogen-bond donors (Lipinski definition) is 0. The summed E-state index contributed by atoms with van der Waals surface area (Å²) >= 11 is 0. The van der Waals surface area contributed by atoms with Crippen molar-refractivity contribution in [2.75, 3.05) is 19.6 Å². The van der Waals surface area contributed by atoms with E-state index in [1.54, 1.807) is 0 Å². The molecule has 2 aliphatic rings. The van der Waals surface area contributed by atoms with Crippen molar-refractivity contribution in [2.45, 2.75) is 44.3 Å². The molecule has 0 saturated carbocycles. The molecule has 2 aliphatic heterocycles. The van der Waals surface area contributed by atoms with Gasteiger partial charge in [0.05, 0.1) is 5.60 Å². The van der Waals surface area contributed by atoms with Crippen molar-refractivity contribution >= 4 is 0 Å². The third kappa shape index (κ3) is 2.78. The molecular weight excluding hydrogens is 294 g/mol. The predicted molar refractivity (Wildman–Crippen MR) is 98.1 cm³/mol. The van der Waals surface area contributed by atoms with Crippen LogP contribution in [0.1, 0.15) is 55.4 Å². The van der Waals surface area contributed by atoms with E-state index in [0.29, 0.717) is 0 Å². The number of unbranched alkanes of at least 4 members (excludes halogenated alkanes) is 1. The topological polar surface area (TPSA) is 12.5 Å². The van der Waals surface area contributed by atoms with Gasteiger partial charge in [-0.25, -0.2) is 0 Å². The van der Waals surface area contributed by atoms with Crippen LogP contribution in [0, 0.1) is 0 Å². The smallest absolute Gasteiger partial charge is 0.109 e. The second kappa shape index (κ2) is 6.70. The summed E-state index contributed by atoms with van der Waals surface area (Å²) in [5, 5.41) is 0. The Morgan fingerprint density at radius 2 is 1.71 bits per heavy atom. The van der Waals surface area contributed by atoms with Gasteiger partial charge in [-0.1, -0.05) is 67.9 Å². The van der Waals surface area contributed by atoms with Crippen LogP contribution in [0.3, 0.4) is 0 Å². The van der Waals surface area contributed by atoms with E-state index in [-0.39, 0.29) is 11.7 Å². The molecular formula is C22H27NO. The number of likely N-dealkylation sites (tertiary alicyclic amines) is 1. The molecule has 0 aromatic heterocycles. The first-order chi connectivity index (χ1) is 11.8. The van der Waals surface area contributed by atoms with Gasteiger partial charge in [-0.15, -0.1) is 0 Å². The van der Waals surface area contributed by atoms with E-state index in [1.807, 2.05) is 0 Å². The van der Waals surface area contributed by atoms with Gasteiger partial charge in [0.25, 0.3) is 0 Å². The molecule has 1 unspecified atom stereocenters. The molecule has 2 nitrogen and oxygen atoms in total. The van der Waals surface area contributed by atoms with Crippen LogP contribution < -0.4 is 0 Å². The molecule has 0 amide bonds. The van der Waals surface area contributed by atoms with Crippen LogP contribution in [0.25, 0.3) is 0 Å². The molecule has 2 aromatic carbocycles. The summed E-state index contributed by atoms with van der Waals surface area (Å²) < 4.78 is 6.77. The molecule has 2 heteroatoms. The second-order valence-electron chi connectivity index (χ2n) is 7.19. The Balaban J connectivity index is 1.60. The summed E-state index contributed by atoms with van der Waals surface area (Å²) in [6.07, 6.45) is 4.88. The van der Waals surface area contributed by atoms with E-state index in [4.69, 9.17) is 4.74 Å². The van der Waals surface area contributed by atoms with Gasteiger partial charge >= 0.3 is 0 Å². The first kappa shape index (κ1) is 15.9. The van der Waals surface area contributed by atoms with Crippen molar-refractivity contribution in [1.29, 1.82) is 0 Å².